The molecule has 4 heterocycles. The summed E-state index contributed by atoms with van der Waals surface area (Å²) in [7, 11) is 0. The van der Waals surface area contributed by atoms with Crippen LogP contribution < -0.4 is 0 Å². The van der Waals surface area contributed by atoms with Gasteiger partial charge in [-0.05, 0) is 58.7 Å². The van der Waals surface area contributed by atoms with Gasteiger partial charge in [-0.25, -0.2) is 15.0 Å². The molecule has 0 amide bonds. The molecule has 6 heteroatoms. The summed E-state index contributed by atoms with van der Waals surface area (Å²) in [5.41, 5.74) is 8.71. The van der Waals surface area contributed by atoms with Gasteiger partial charge >= 0.3 is 0 Å². The van der Waals surface area contributed by atoms with Gasteiger partial charge in [0.05, 0.1) is 17.9 Å². The number of aromatic nitrogens is 4. The third-order valence-electron chi connectivity index (χ3n) is 12.0. The van der Waals surface area contributed by atoms with Crippen molar-refractivity contribution < 1.29 is 6.85 Å². The molecule has 0 saturated carbocycles. The maximum Gasteiger partial charge on any atom is 0.165 e. The first-order valence-corrected chi connectivity index (χ1v) is 22.3. The minimum absolute atomic E-state index is 0.0102. The molecule has 0 aliphatic carbocycles. The van der Waals surface area contributed by atoms with E-state index in [9.17, 15) is 0 Å². The summed E-state index contributed by atoms with van der Waals surface area (Å²) >= 11 is 3.43. The highest BCUT2D eigenvalue weighted by Gasteiger charge is 2.21. The number of para-hydroxylation sites is 2. The molecule has 0 unspecified atom stereocenters. The van der Waals surface area contributed by atoms with E-state index in [0.717, 1.165) is 75.5 Å². The standard InChI is InChI=1S/C57H34N4S2/c1-3-14-35(15-4-1)39-30-31-45-47-33-40(61-49-23-10-7-18-42(49)43-19-8-11-24-50(43)61)34-48(54(47)63-52(45)32-39)57-59-55(37-16-5-2-6-17-37)58-56(60-57)38-28-26-36(27-29-38)41-21-13-22-46-44-20-9-12-25-51(44)62-53(41)46/h1-34H/i2D,5D,6D,16D,17D. The lowest BCUT2D eigenvalue weighted by Crippen LogP contribution is -2.01. The van der Waals surface area contributed by atoms with Crippen LogP contribution in [-0.2, 0) is 0 Å². The zero-order chi connectivity index (χ0) is 45.8. The number of nitrogens with zero attached hydrogens (tertiary/aromatic N) is 4. The first-order chi connectivity index (χ1) is 33.3. The summed E-state index contributed by atoms with van der Waals surface area (Å²) in [4.78, 5) is 15.3. The molecule has 0 saturated heterocycles. The van der Waals surface area contributed by atoms with E-state index >= 15 is 0 Å². The molecule has 0 N–H and O–H groups in total. The van der Waals surface area contributed by atoms with Crippen LogP contribution in [-0.4, -0.2) is 19.5 Å². The first kappa shape index (κ1) is 31.1. The zero-order valence-electron chi connectivity index (χ0n) is 38.3. The molecular formula is C57H34N4S2. The Morgan fingerprint density at radius 1 is 0.365 bits per heavy atom. The van der Waals surface area contributed by atoms with Crippen LogP contribution in [0.2, 0.25) is 0 Å². The highest BCUT2D eigenvalue weighted by atomic mass is 32.1. The highest BCUT2D eigenvalue weighted by Crippen LogP contribution is 2.45. The number of rotatable bonds is 6. The second-order valence-corrected chi connectivity index (χ2v) is 17.7. The SMILES string of the molecule is [2H]c1c([2H])c([2H])c(-c2nc(-c3ccc(-c4cccc5c4sc4ccccc45)cc3)nc(-c3cc(-n4c5ccccc5c5ccccc54)cc4c3sc3cc(-c5ccccc5)ccc34)n2)c([2H])c1[2H]. The molecule has 0 atom stereocenters. The van der Waals surface area contributed by atoms with E-state index in [1.807, 2.05) is 30.3 Å². The minimum atomic E-state index is -0.483. The fourth-order valence-corrected chi connectivity index (χ4v) is 11.5. The Kier molecular flexibility index (Phi) is 7.13. The Morgan fingerprint density at radius 2 is 0.952 bits per heavy atom. The molecule has 4 nitrogen and oxygen atoms in total. The molecule has 9 aromatic carbocycles. The maximum absolute atomic E-state index is 9.06. The molecule has 0 spiro atoms. The molecule has 63 heavy (non-hydrogen) atoms. The van der Waals surface area contributed by atoms with Gasteiger partial charge < -0.3 is 4.57 Å². The third kappa shape index (κ3) is 5.91. The molecule has 0 bridgehead atoms. The Balaban J connectivity index is 1.07. The Morgan fingerprint density at radius 3 is 1.73 bits per heavy atom. The fraction of sp³-hybridized carbons (Fsp3) is 0. The number of hydrogen-bond acceptors (Lipinski definition) is 5. The van der Waals surface area contributed by atoms with Gasteiger partial charge in [0, 0.05) is 73.5 Å². The predicted octanol–water partition coefficient (Wildman–Crippen LogP) is 16.0. The maximum atomic E-state index is 9.06. The van der Waals surface area contributed by atoms with Crippen LogP contribution >= 0.6 is 22.7 Å². The van der Waals surface area contributed by atoms with Crippen LogP contribution in [0.3, 0.4) is 0 Å². The second-order valence-electron chi connectivity index (χ2n) is 15.6. The van der Waals surface area contributed by atoms with Crippen molar-refractivity contribution in [2.45, 2.75) is 0 Å². The van der Waals surface area contributed by atoms with Gasteiger partial charge in [0.25, 0.3) is 0 Å². The van der Waals surface area contributed by atoms with E-state index in [1.165, 1.54) is 20.2 Å². The fourth-order valence-electron chi connectivity index (χ4n) is 9.04. The number of benzene rings is 9. The van der Waals surface area contributed by atoms with Crippen LogP contribution in [0, 0.1) is 0 Å². The van der Waals surface area contributed by atoms with Crippen molar-refractivity contribution in [2.75, 3.05) is 0 Å². The Labute approximate surface area is 377 Å². The van der Waals surface area contributed by atoms with Crippen LogP contribution in [0.25, 0.3) is 124 Å². The van der Waals surface area contributed by atoms with Gasteiger partial charge in [0.2, 0.25) is 0 Å². The van der Waals surface area contributed by atoms with Crippen molar-refractivity contribution >= 4 is 84.8 Å². The van der Waals surface area contributed by atoms with Crippen molar-refractivity contribution in [1.82, 2.24) is 19.5 Å². The molecule has 0 fully saturated rings. The zero-order valence-corrected chi connectivity index (χ0v) is 35.0. The molecular weight excluding hydrogens is 805 g/mol. The van der Waals surface area contributed by atoms with Crippen molar-refractivity contribution in [3.8, 4) is 62.1 Å². The van der Waals surface area contributed by atoms with Crippen LogP contribution in [0.5, 0.6) is 0 Å². The Hall–Kier alpha value is -7.77. The lowest BCUT2D eigenvalue weighted by Gasteiger charge is -2.13. The van der Waals surface area contributed by atoms with Crippen LogP contribution in [0.1, 0.15) is 6.85 Å². The quantitative estimate of drug-likeness (QED) is 0.167. The van der Waals surface area contributed by atoms with E-state index in [0.29, 0.717) is 17.2 Å². The van der Waals surface area contributed by atoms with E-state index < -0.39 is 18.1 Å². The molecule has 4 aromatic heterocycles. The van der Waals surface area contributed by atoms with E-state index in [4.69, 9.17) is 21.8 Å². The van der Waals surface area contributed by atoms with Crippen molar-refractivity contribution in [2.24, 2.45) is 0 Å². The van der Waals surface area contributed by atoms with E-state index in [2.05, 4.69) is 150 Å². The molecule has 0 aliphatic heterocycles. The molecule has 13 rings (SSSR count). The average molecular weight is 844 g/mol. The monoisotopic (exact) mass is 843 g/mol. The van der Waals surface area contributed by atoms with Crippen LogP contribution in [0.4, 0.5) is 0 Å². The second kappa shape index (κ2) is 14.4. The van der Waals surface area contributed by atoms with Gasteiger partial charge in [-0.2, -0.15) is 0 Å². The van der Waals surface area contributed by atoms with Gasteiger partial charge in [0.15, 0.2) is 17.5 Å². The summed E-state index contributed by atoms with van der Waals surface area (Å²) in [6, 6.07) is 58.9. The largest absolute Gasteiger partial charge is 0.309 e. The number of fused-ring (bicyclic) bond motifs is 9. The third-order valence-corrected chi connectivity index (χ3v) is 14.4. The summed E-state index contributed by atoms with van der Waals surface area (Å²) < 4.78 is 50.5. The number of hydrogen-bond donors (Lipinski definition) is 0. The number of thiophene rings is 2. The smallest absolute Gasteiger partial charge is 0.165 e. The molecule has 0 aliphatic rings. The summed E-state index contributed by atoms with van der Waals surface area (Å²) in [6.45, 7) is 0. The normalized spacial score (nSPS) is 12.9. The van der Waals surface area contributed by atoms with Crippen LogP contribution in [0.15, 0.2) is 206 Å². The first-order valence-electron chi connectivity index (χ1n) is 23.2. The lowest BCUT2D eigenvalue weighted by molar-refractivity contribution is 1.07. The van der Waals surface area contributed by atoms with Gasteiger partial charge in [-0.15, -0.1) is 22.7 Å². The minimum Gasteiger partial charge on any atom is -0.309 e. The highest BCUT2D eigenvalue weighted by molar-refractivity contribution is 7.26. The predicted molar refractivity (Wildman–Crippen MR) is 267 cm³/mol. The topological polar surface area (TPSA) is 43.6 Å². The summed E-state index contributed by atoms with van der Waals surface area (Å²) in [6.07, 6.45) is 0. The molecule has 13 aromatic rings. The summed E-state index contributed by atoms with van der Waals surface area (Å²) in [5, 5.41) is 6.80. The molecule has 0 radical (unpaired) electrons. The summed E-state index contributed by atoms with van der Waals surface area (Å²) in [5.74, 6) is 0.619. The van der Waals surface area contributed by atoms with Gasteiger partial charge in [-0.3, -0.25) is 0 Å². The van der Waals surface area contributed by atoms with Crippen molar-refractivity contribution in [3.05, 3.63) is 206 Å². The van der Waals surface area contributed by atoms with Crippen molar-refractivity contribution in [1.29, 1.82) is 0 Å². The van der Waals surface area contributed by atoms with Gasteiger partial charge in [-0.1, -0.05) is 170 Å². The molecule has 294 valence electrons. The van der Waals surface area contributed by atoms with Gasteiger partial charge in [0.1, 0.15) is 0 Å². The Bertz CT molecular complexity index is 4140. The lowest BCUT2D eigenvalue weighted by atomic mass is 10.0. The van der Waals surface area contributed by atoms with Crippen molar-refractivity contribution in [3.63, 3.8) is 0 Å². The average Bonchev–Trinajstić information content (AvgIpc) is 4.07. The van der Waals surface area contributed by atoms with E-state index in [1.54, 1.807) is 22.7 Å². The van der Waals surface area contributed by atoms with E-state index in [-0.39, 0.29) is 23.5 Å².